The highest BCUT2D eigenvalue weighted by Gasteiger charge is 2.07. The molecule has 2 aromatic rings. The summed E-state index contributed by atoms with van der Waals surface area (Å²) in [5, 5.41) is 0.149. The molecule has 0 spiro atoms. The van der Waals surface area contributed by atoms with Gasteiger partial charge in [0.2, 0.25) is 0 Å². The van der Waals surface area contributed by atoms with E-state index in [9.17, 15) is 9.18 Å². The number of aryl methyl sites for hydroxylation is 1. The van der Waals surface area contributed by atoms with E-state index in [1.807, 2.05) is 0 Å². The molecule has 0 aliphatic carbocycles. The van der Waals surface area contributed by atoms with E-state index < -0.39 is 11.4 Å². The fraction of sp³-hybridized carbons (Fsp3) is 0.111. The molecular formula is C9H5BrFNO2. The van der Waals surface area contributed by atoms with Gasteiger partial charge in [-0.1, -0.05) is 0 Å². The number of hydrogen-bond donors (Lipinski definition) is 0. The predicted molar refractivity (Wildman–Crippen MR) is 52.7 cm³/mol. The summed E-state index contributed by atoms with van der Waals surface area (Å²) >= 11 is 3.02. The van der Waals surface area contributed by atoms with Crippen LogP contribution in [0.5, 0.6) is 0 Å². The molecule has 0 bridgehead atoms. The molecule has 0 unspecified atom stereocenters. The van der Waals surface area contributed by atoms with Crippen LogP contribution in [0.2, 0.25) is 0 Å². The minimum Gasteiger partial charge on any atom is -0.408 e. The Bertz CT molecular complexity index is 564. The third kappa shape index (κ3) is 1.43. The molecule has 0 fully saturated rings. The number of halogens is 2. The normalized spacial score (nSPS) is 10.8. The Hall–Kier alpha value is -1.23. The van der Waals surface area contributed by atoms with E-state index in [4.69, 9.17) is 4.42 Å². The van der Waals surface area contributed by atoms with E-state index in [0.29, 0.717) is 5.52 Å². The summed E-state index contributed by atoms with van der Waals surface area (Å²) in [6.45, 7) is 1.57. The fourth-order valence-corrected chi connectivity index (χ4v) is 1.51. The molecule has 0 aliphatic heterocycles. The van der Waals surface area contributed by atoms with Gasteiger partial charge in [-0.3, -0.25) is 0 Å². The zero-order chi connectivity index (χ0) is 10.3. The molecule has 14 heavy (non-hydrogen) atoms. The van der Waals surface area contributed by atoms with Crippen LogP contribution in [0.25, 0.3) is 10.9 Å². The summed E-state index contributed by atoms with van der Waals surface area (Å²) in [6, 6.07) is 2.56. The molecule has 2 rings (SSSR count). The van der Waals surface area contributed by atoms with Crippen LogP contribution in [-0.4, -0.2) is 4.98 Å². The van der Waals surface area contributed by atoms with Gasteiger partial charge in [0.15, 0.2) is 5.89 Å². The first kappa shape index (κ1) is 9.33. The van der Waals surface area contributed by atoms with E-state index in [1.54, 1.807) is 6.92 Å². The summed E-state index contributed by atoms with van der Waals surface area (Å²) in [7, 11) is 0. The van der Waals surface area contributed by atoms with Crippen molar-refractivity contribution in [2.45, 2.75) is 6.92 Å². The van der Waals surface area contributed by atoms with Crippen LogP contribution >= 0.6 is 15.9 Å². The lowest BCUT2D eigenvalue weighted by Gasteiger charge is -1.98. The van der Waals surface area contributed by atoms with Gasteiger partial charge in [-0.05, 0) is 28.1 Å². The van der Waals surface area contributed by atoms with Gasteiger partial charge in [0.25, 0.3) is 0 Å². The summed E-state index contributed by atoms with van der Waals surface area (Å²) in [6.07, 6.45) is 0. The van der Waals surface area contributed by atoms with E-state index in [-0.39, 0.29) is 15.7 Å². The van der Waals surface area contributed by atoms with E-state index in [2.05, 4.69) is 20.9 Å². The summed E-state index contributed by atoms with van der Waals surface area (Å²) in [5.74, 6) is -0.239. The maximum absolute atomic E-state index is 13.1. The van der Waals surface area contributed by atoms with Crippen molar-refractivity contribution in [2.75, 3.05) is 0 Å². The van der Waals surface area contributed by atoms with Gasteiger partial charge in [-0.2, -0.15) is 0 Å². The van der Waals surface area contributed by atoms with Crippen molar-refractivity contribution in [1.29, 1.82) is 0 Å². The third-order valence-electron chi connectivity index (χ3n) is 1.78. The third-order valence-corrected chi connectivity index (χ3v) is 2.38. The quantitative estimate of drug-likeness (QED) is 0.728. The highest BCUT2D eigenvalue weighted by molar-refractivity contribution is 9.10. The Kier molecular flexibility index (Phi) is 2.11. The largest absolute Gasteiger partial charge is 0.408 e. The summed E-state index contributed by atoms with van der Waals surface area (Å²) < 4.78 is 18.1. The summed E-state index contributed by atoms with van der Waals surface area (Å²) in [5.41, 5.74) is -0.147. The number of nitrogens with zero attached hydrogens (tertiary/aromatic N) is 1. The van der Waals surface area contributed by atoms with Crippen molar-refractivity contribution in [1.82, 2.24) is 4.98 Å². The average Bonchev–Trinajstić information content (AvgIpc) is 2.08. The minimum atomic E-state index is -0.570. The topological polar surface area (TPSA) is 43.1 Å². The minimum absolute atomic E-state index is 0.149. The number of benzene rings is 1. The molecule has 0 saturated heterocycles. The molecule has 0 radical (unpaired) electrons. The van der Waals surface area contributed by atoms with Crippen molar-refractivity contribution in [3.8, 4) is 0 Å². The van der Waals surface area contributed by atoms with Gasteiger partial charge < -0.3 is 4.42 Å². The zero-order valence-electron chi connectivity index (χ0n) is 7.17. The van der Waals surface area contributed by atoms with Crippen LogP contribution in [0.15, 0.2) is 25.8 Å². The molecule has 0 aliphatic rings. The van der Waals surface area contributed by atoms with Gasteiger partial charge in [0.05, 0.1) is 15.4 Å². The second-order valence-electron chi connectivity index (χ2n) is 2.80. The first-order chi connectivity index (χ1) is 6.58. The van der Waals surface area contributed by atoms with E-state index in [1.165, 1.54) is 6.07 Å². The molecule has 0 amide bonds. The van der Waals surface area contributed by atoms with Gasteiger partial charge in [-0.15, -0.1) is 0 Å². The lowest BCUT2D eigenvalue weighted by atomic mass is 10.2. The van der Waals surface area contributed by atoms with Crippen molar-refractivity contribution < 1.29 is 8.81 Å². The number of aromatic nitrogens is 1. The van der Waals surface area contributed by atoms with Crippen molar-refractivity contribution in [3.63, 3.8) is 0 Å². The van der Waals surface area contributed by atoms with Crippen LogP contribution in [0.1, 0.15) is 5.89 Å². The molecule has 72 valence electrons. The SMILES string of the molecule is Cc1nc2cc(Br)c(F)cc2c(=O)o1. The molecule has 3 nitrogen and oxygen atoms in total. The Labute approximate surface area is 86.7 Å². The predicted octanol–water partition coefficient (Wildman–Crippen LogP) is 2.40. The van der Waals surface area contributed by atoms with E-state index >= 15 is 0 Å². The Morgan fingerprint density at radius 2 is 2.21 bits per heavy atom. The molecule has 0 N–H and O–H groups in total. The molecule has 1 aromatic carbocycles. The van der Waals surface area contributed by atoms with Crippen LogP contribution in [0.3, 0.4) is 0 Å². The highest BCUT2D eigenvalue weighted by atomic mass is 79.9. The highest BCUT2D eigenvalue weighted by Crippen LogP contribution is 2.20. The Morgan fingerprint density at radius 3 is 2.93 bits per heavy atom. The van der Waals surface area contributed by atoms with Gasteiger partial charge in [-0.25, -0.2) is 14.2 Å². The van der Waals surface area contributed by atoms with Gasteiger partial charge in [0.1, 0.15) is 5.82 Å². The first-order valence-electron chi connectivity index (χ1n) is 3.84. The smallest absolute Gasteiger partial charge is 0.346 e. The fourth-order valence-electron chi connectivity index (χ4n) is 1.17. The first-order valence-corrected chi connectivity index (χ1v) is 4.64. The maximum Gasteiger partial charge on any atom is 0.346 e. The molecule has 0 saturated carbocycles. The van der Waals surface area contributed by atoms with Crippen LogP contribution < -0.4 is 5.63 Å². The number of hydrogen-bond acceptors (Lipinski definition) is 3. The molecule has 5 heteroatoms. The van der Waals surface area contributed by atoms with Crippen LogP contribution in [-0.2, 0) is 0 Å². The van der Waals surface area contributed by atoms with Crippen molar-refractivity contribution in [2.24, 2.45) is 0 Å². The zero-order valence-corrected chi connectivity index (χ0v) is 8.76. The van der Waals surface area contributed by atoms with Crippen molar-refractivity contribution >= 4 is 26.8 Å². The number of fused-ring (bicyclic) bond motifs is 1. The molecule has 1 aromatic heterocycles. The van der Waals surface area contributed by atoms with Gasteiger partial charge in [0, 0.05) is 6.92 Å². The second kappa shape index (κ2) is 3.16. The second-order valence-corrected chi connectivity index (χ2v) is 3.66. The molecule has 0 atom stereocenters. The van der Waals surface area contributed by atoms with E-state index in [0.717, 1.165) is 6.07 Å². The Morgan fingerprint density at radius 1 is 1.50 bits per heavy atom. The van der Waals surface area contributed by atoms with Crippen molar-refractivity contribution in [3.05, 3.63) is 38.7 Å². The lowest BCUT2D eigenvalue weighted by molar-refractivity contribution is 0.466. The maximum atomic E-state index is 13.1. The van der Waals surface area contributed by atoms with Crippen LogP contribution in [0.4, 0.5) is 4.39 Å². The molecular weight excluding hydrogens is 253 g/mol. The van der Waals surface area contributed by atoms with Gasteiger partial charge >= 0.3 is 5.63 Å². The summed E-state index contributed by atoms with van der Waals surface area (Å²) in [4.78, 5) is 15.2. The average molecular weight is 258 g/mol. The lowest BCUT2D eigenvalue weighted by Crippen LogP contribution is -2.03. The Balaban J connectivity index is 2.96. The van der Waals surface area contributed by atoms with Crippen LogP contribution in [0, 0.1) is 12.7 Å². The standard InChI is InChI=1S/C9H5BrFNO2/c1-4-12-8-3-6(10)7(11)2-5(8)9(13)14-4/h2-3H,1H3. The monoisotopic (exact) mass is 257 g/mol. The number of rotatable bonds is 0. The molecule has 1 heterocycles.